The molecule has 0 bridgehead atoms. The van der Waals surface area contributed by atoms with E-state index in [1.807, 2.05) is 6.07 Å². The number of benzene rings is 1. The zero-order valence-corrected chi connectivity index (χ0v) is 10.2. The molecular formula is C13H10FN3S. The molecule has 0 saturated heterocycles. The summed E-state index contributed by atoms with van der Waals surface area (Å²) in [5.41, 5.74) is 2.91. The largest absolute Gasteiger partial charge is 0.332 e. The number of hydrogen-bond donors (Lipinski definition) is 1. The molecule has 0 spiro atoms. The molecule has 1 aromatic carbocycles. The Bertz CT molecular complexity index is 630. The summed E-state index contributed by atoms with van der Waals surface area (Å²) in [6.07, 6.45) is 3.47. The number of pyridine rings is 1. The monoisotopic (exact) mass is 259 g/mol. The number of halogens is 1. The number of aromatic nitrogens is 3. The summed E-state index contributed by atoms with van der Waals surface area (Å²) in [6, 6.07) is 8.38. The average molecular weight is 259 g/mol. The van der Waals surface area contributed by atoms with Crippen LogP contribution in [0.25, 0.3) is 11.0 Å². The van der Waals surface area contributed by atoms with E-state index in [1.54, 1.807) is 36.3 Å². The molecule has 0 amide bonds. The molecule has 0 atom stereocenters. The highest BCUT2D eigenvalue weighted by Gasteiger charge is 2.03. The zero-order valence-electron chi connectivity index (χ0n) is 9.43. The number of rotatable bonds is 3. The topological polar surface area (TPSA) is 41.6 Å². The molecule has 5 heteroatoms. The number of aromatic amines is 1. The summed E-state index contributed by atoms with van der Waals surface area (Å²) in [6.45, 7) is 0. The number of hydrogen-bond acceptors (Lipinski definition) is 3. The maximum absolute atomic E-state index is 12.8. The van der Waals surface area contributed by atoms with Crippen LogP contribution < -0.4 is 0 Å². The molecule has 2 heterocycles. The van der Waals surface area contributed by atoms with Crippen LogP contribution in [0.3, 0.4) is 0 Å². The van der Waals surface area contributed by atoms with Crippen molar-refractivity contribution in [1.29, 1.82) is 0 Å². The molecule has 0 unspecified atom stereocenters. The summed E-state index contributed by atoms with van der Waals surface area (Å²) in [5, 5.41) is 0.849. The van der Waals surface area contributed by atoms with E-state index < -0.39 is 0 Å². The third-order valence-corrected chi connectivity index (χ3v) is 3.49. The van der Waals surface area contributed by atoms with E-state index in [2.05, 4.69) is 15.0 Å². The van der Waals surface area contributed by atoms with Crippen LogP contribution in [0.1, 0.15) is 5.56 Å². The van der Waals surface area contributed by atoms with Gasteiger partial charge < -0.3 is 4.98 Å². The fraction of sp³-hybridized carbons (Fsp3) is 0.0769. The Morgan fingerprint density at radius 2 is 2.00 bits per heavy atom. The highest BCUT2D eigenvalue weighted by Crippen LogP contribution is 2.22. The van der Waals surface area contributed by atoms with Crippen molar-refractivity contribution < 1.29 is 4.39 Å². The Morgan fingerprint density at radius 1 is 1.17 bits per heavy atom. The van der Waals surface area contributed by atoms with Gasteiger partial charge in [0.2, 0.25) is 0 Å². The van der Waals surface area contributed by atoms with Crippen molar-refractivity contribution in [1.82, 2.24) is 15.0 Å². The van der Waals surface area contributed by atoms with E-state index >= 15 is 0 Å². The number of thioether (sulfide) groups is 1. The van der Waals surface area contributed by atoms with E-state index in [-0.39, 0.29) is 5.82 Å². The number of nitrogens with one attached hydrogen (secondary N) is 1. The third-order valence-electron chi connectivity index (χ3n) is 2.55. The lowest BCUT2D eigenvalue weighted by atomic mass is 10.2. The lowest BCUT2D eigenvalue weighted by Gasteiger charge is -1.98. The molecule has 0 aliphatic heterocycles. The van der Waals surface area contributed by atoms with Crippen LogP contribution >= 0.6 is 11.8 Å². The van der Waals surface area contributed by atoms with Gasteiger partial charge in [-0.2, -0.15) is 0 Å². The van der Waals surface area contributed by atoms with Crippen LogP contribution in [0.5, 0.6) is 0 Å². The van der Waals surface area contributed by atoms with Gasteiger partial charge in [0.05, 0.1) is 17.2 Å². The van der Waals surface area contributed by atoms with Crippen LogP contribution in [0.15, 0.2) is 47.9 Å². The average Bonchev–Trinajstić information content (AvgIpc) is 2.81. The minimum Gasteiger partial charge on any atom is -0.332 e. The molecule has 3 nitrogen and oxygen atoms in total. The number of H-pyrrole nitrogens is 1. The van der Waals surface area contributed by atoms with Gasteiger partial charge in [-0.25, -0.2) is 9.37 Å². The highest BCUT2D eigenvalue weighted by atomic mass is 32.2. The molecule has 0 aliphatic carbocycles. The molecule has 0 aliphatic rings. The third kappa shape index (κ3) is 2.36. The maximum atomic E-state index is 12.8. The Kier molecular flexibility index (Phi) is 2.98. The number of nitrogens with zero attached hydrogens (tertiary/aromatic N) is 2. The predicted molar refractivity (Wildman–Crippen MR) is 69.8 cm³/mol. The summed E-state index contributed by atoms with van der Waals surface area (Å²) in [4.78, 5) is 11.7. The van der Waals surface area contributed by atoms with E-state index in [1.165, 1.54) is 12.1 Å². The lowest BCUT2D eigenvalue weighted by Crippen LogP contribution is -1.82. The van der Waals surface area contributed by atoms with Crippen LogP contribution in [0.2, 0.25) is 0 Å². The predicted octanol–water partition coefficient (Wildman–Crippen LogP) is 3.39. The zero-order chi connectivity index (χ0) is 12.4. The van der Waals surface area contributed by atoms with Crippen molar-refractivity contribution >= 4 is 22.8 Å². The van der Waals surface area contributed by atoms with Crippen molar-refractivity contribution in [3.05, 3.63) is 54.1 Å². The molecule has 0 saturated carbocycles. The smallest absolute Gasteiger partial charge is 0.166 e. The quantitative estimate of drug-likeness (QED) is 0.733. The van der Waals surface area contributed by atoms with Crippen LogP contribution in [0, 0.1) is 5.82 Å². The first-order valence-corrected chi connectivity index (χ1v) is 6.47. The van der Waals surface area contributed by atoms with Gasteiger partial charge in [0.1, 0.15) is 5.82 Å². The van der Waals surface area contributed by atoms with E-state index in [0.29, 0.717) is 0 Å². The standard InChI is InChI=1S/C13H10FN3S/c14-10-3-1-9(2-4-10)8-18-13-16-11-5-6-15-7-12(11)17-13/h1-7H,8H2,(H,16,17). The van der Waals surface area contributed by atoms with Gasteiger partial charge in [0, 0.05) is 11.9 Å². The van der Waals surface area contributed by atoms with Gasteiger partial charge in [0.15, 0.2) is 5.16 Å². The van der Waals surface area contributed by atoms with Gasteiger partial charge in [-0.15, -0.1) is 0 Å². The van der Waals surface area contributed by atoms with Crippen molar-refractivity contribution in [2.24, 2.45) is 0 Å². The fourth-order valence-electron chi connectivity index (χ4n) is 1.63. The summed E-state index contributed by atoms with van der Waals surface area (Å²) in [5.74, 6) is 0.548. The van der Waals surface area contributed by atoms with Gasteiger partial charge in [-0.3, -0.25) is 4.98 Å². The maximum Gasteiger partial charge on any atom is 0.166 e. The molecule has 90 valence electrons. The number of fused-ring (bicyclic) bond motifs is 1. The molecule has 0 radical (unpaired) electrons. The van der Waals surface area contributed by atoms with E-state index in [9.17, 15) is 4.39 Å². The van der Waals surface area contributed by atoms with Gasteiger partial charge in [-0.1, -0.05) is 23.9 Å². The molecule has 3 rings (SSSR count). The Labute approximate surface area is 107 Å². The summed E-state index contributed by atoms with van der Waals surface area (Å²) in [7, 11) is 0. The van der Waals surface area contributed by atoms with Crippen molar-refractivity contribution in [2.45, 2.75) is 10.9 Å². The van der Waals surface area contributed by atoms with Gasteiger partial charge in [0.25, 0.3) is 0 Å². The second-order valence-electron chi connectivity index (χ2n) is 3.85. The summed E-state index contributed by atoms with van der Waals surface area (Å²) < 4.78 is 12.8. The molecule has 3 aromatic rings. The van der Waals surface area contributed by atoms with Crippen molar-refractivity contribution in [3.8, 4) is 0 Å². The first-order valence-electron chi connectivity index (χ1n) is 5.48. The normalized spacial score (nSPS) is 10.9. The minimum atomic E-state index is -0.210. The summed E-state index contributed by atoms with van der Waals surface area (Å²) >= 11 is 1.59. The minimum absolute atomic E-state index is 0.210. The highest BCUT2D eigenvalue weighted by molar-refractivity contribution is 7.98. The first-order chi connectivity index (χ1) is 8.81. The molecule has 0 fully saturated rings. The van der Waals surface area contributed by atoms with Crippen LogP contribution in [-0.2, 0) is 5.75 Å². The molecule has 2 aromatic heterocycles. The Hall–Kier alpha value is -1.88. The molecule has 1 N–H and O–H groups in total. The Balaban J connectivity index is 1.74. The fourth-order valence-corrected chi connectivity index (χ4v) is 2.48. The molecule has 18 heavy (non-hydrogen) atoms. The SMILES string of the molecule is Fc1ccc(CSc2nc3ccncc3[nH]2)cc1. The van der Waals surface area contributed by atoms with Crippen molar-refractivity contribution in [3.63, 3.8) is 0 Å². The van der Waals surface area contributed by atoms with Gasteiger partial charge in [-0.05, 0) is 23.8 Å². The van der Waals surface area contributed by atoms with Crippen LogP contribution in [0.4, 0.5) is 4.39 Å². The second-order valence-corrected chi connectivity index (χ2v) is 4.81. The molecular weight excluding hydrogens is 249 g/mol. The lowest BCUT2D eigenvalue weighted by molar-refractivity contribution is 0.627. The first kappa shape index (κ1) is 11.2. The van der Waals surface area contributed by atoms with E-state index in [4.69, 9.17) is 0 Å². The van der Waals surface area contributed by atoms with Crippen LogP contribution in [-0.4, -0.2) is 15.0 Å². The number of imidazole rings is 1. The second kappa shape index (κ2) is 4.78. The Morgan fingerprint density at radius 3 is 2.78 bits per heavy atom. The van der Waals surface area contributed by atoms with E-state index in [0.717, 1.165) is 27.5 Å². The van der Waals surface area contributed by atoms with Gasteiger partial charge >= 0.3 is 0 Å². The van der Waals surface area contributed by atoms with Crippen molar-refractivity contribution in [2.75, 3.05) is 0 Å².